The van der Waals surface area contributed by atoms with E-state index in [4.69, 9.17) is 0 Å². The van der Waals surface area contributed by atoms with Gasteiger partial charge in [0.15, 0.2) is 0 Å². The second-order valence-corrected chi connectivity index (χ2v) is 8.50. The molecule has 1 aliphatic heterocycles. The number of amides is 1. The Balaban J connectivity index is 1.89. The third kappa shape index (κ3) is 4.59. The van der Waals surface area contributed by atoms with Crippen LogP contribution in [0.15, 0.2) is 53.4 Å². The van der Waals surface area contributed by atoms with Crippen LogP contribution in [-0.4, -0.2) is 31.2 Å². The summed E-state index contributed by atoms with van der Waals surface area (Å²) in [6, 6.07) is 7.49. The van der Waals surface area contributed by atoms with Crippen LogP contribution in [0.5, 0.6) is 0 Å². The Bertz CT molecular complexity index is 991. The Morgan fingerprint density at radius 1 is 1.03 bits per heavy atom. The Morgan fingerprint density at radius 3 is 2.34 bits per heavy atom. The number of hydrogen-bond acceptors (Lipinski definition) is 3. The van der Waals surface area contributed by atoms with Crippen LogP contribution in [0.1, 0.15) is 24.8 Å². The molecule has 0 radical (unpaired) electrons. The van der Waals surface area contributed by atoms with E-state index in [-0.39, 0.29) is 17.9 Å². The van der Waals surface area contributed by atoms with E-state index >= 15 is 0 Å². The van der Waals surface area contributed by atoms with Crippen molar-refractivity contribution in [2.75, 3.05) is 11.9 Å². The number of carbonyl (C=O) groups is 1. The molecule has 1 atom stereocenters. The fraction of sp³-hybridized carbons (Fsp3) is 0.316. The number of nitrogens with zero attached hydrogens (tertiary/aromatic N) is 1. The number of benzene rings is 2. The molecule has 1 saturated heterocycles. The lowest BCUT2D eigenvalue weighted by Crippen LogP contribution is -2.49. The Labute approximate surface area is 165 Å². The van der Waals surface area contributed by atoms with E-state index in [0.717, 1.165) is 40.7 Å². The number of rotatable bonds is 4. The summed E-state index contributed by atoms with van der Waals surface area (Å²) in [6.07, 6.45) is -3.45. The third-order valence-electron chi connectivity index (χ3n) is 4.67. The zero-order chi connectivity index (χ0) is 21.2. The highest BCUT2D eigenvalue weighted by atomic mass is 32.2. The third-order valence-corrected chi connectivity index (χ3v) is 6.59. The van der Waals surface area contributed by atoms with Crippen LogP contribution in [0, 0.1) is 5.82 Å². The lowest BCUT2D eigenvalue weighted by molar-refractivity contribution is -0.137. The van der Waals surface area contributed by atoms with E-state index in [1.54, 1.807) is 0 Å². The van der Waals surface area contributed by atoms with Gasteiger partial charge in [0, 0.05) is 6.54 Å². The molecule has 0 spiro atoms. The summed E-state index contributed by atoms with van der Waals surface area (Å²) in [5.74, 6) is -1.45. The van der Waals surface area contributed by atoms with Crippen molar-refractivity contribution >= 4 is 21.6 Å². The maximum absolute atomic E-state index is 13.2. The number of para-hydroxylation sites is 1. The molecule has 2 aromatic rings. The smallest absolute Gasteiger partial charge is 0.324 e. The first-order chi connectivity index (χ1) is 13.6. The first-order valence-electron chi connectivity index (χ1n) is 8.85. The Hall–Kier alpha value is -2.46. The number of nitrogens with one attached hydrogen (secondary N) is 1. The Kier molecular flexibility index (Phi) is 5.95. The molecule has 1 amide bonds. The molecule has 0 aromatic heterocycles. The molecular formula is C19H18F4N2O3S. The van der Waals surface area contributed by atoms with Gasteiger partial charge in [-0.2, -0.15) is 17.5 Å². The van der Waals surface area contributed by atoms with Crippen molar-refractivity contribution in [1.29, 1.82) is 0 Å². The van der Waals surface area contributed by atoms with Gasteiger partial charge in [-0.1, -0.05) is 18.6 Å². The van der Waals surface area contributed by atoms with E-state index in [9.17, 15) is 30.8 Å². The van der Waals surface area contributed by atoms with Crippen LogP contribution in [0.2, 0.25) is 0 Å². The number of halogens is 4. The zero-order valence-electron chi connectivity index (χ0n) is 15.1. The fourth-order valence-electron chi connectivity index (χ4n) is 3.25. The first kappa shape index (κ1) is 21.3. The minimum atomic E-state index is -4.67. The largest absolute Gasteiger partial charge is 0.418 e. The molecule has 1 N–H and O–H groups in total. The van der Waals surface area contributed by atoms with Crippen molar-refractivity contribution in [1.82, 2.24) is 4.31 Å². The molecule has 156 valence electrons. The molecule has 3 rings (SSSR count). The second-order valence-electron chi connectivity index (χ2n) is 6.61. The molecule has 1 aliphatic rings. The number of hydrogen-bond donors (Lipinski definition) is 1. The summed E-state index contributed by atoms with van der Waals surface area (Å²) in [5.41, 5.74) is -1.45. The summed E-state index contributed by atoms with van der Waals surface area (Å²) in [6.45, 7) is 0.0404. The van der Waals surface area contributed by atoms with Gasteiger partial charge in [-0.15, -0.1) is 0 Å². The van der Waals surface area contributed by atoms with Crippen LogP contribution in [0.3, 0.4) is 0 Å². The zero-order valence-corrected chi connectivity index (χ0v) is 15.9. The van der Waals surface area contributed by atoms with E-state index in [1.165, 1.54) is 12.1 Å². The van der Waals surface area contributed by atoms with Gasteiger partial charge < -0.3 is 5.32 Å². The molecule has 2 aromatic carbocycles. The number of piperidine rings is 1. The Morgan fingerprint density at radius 2 is 1.69 bits per heavy atom. The maximum Gasteiger partial charge on any atom is 0.418 e. The molecule has 1 unspecified atom stereocenters. The highest BCUT2D eigenvalue weighted by Crippen LogP contribution is 2.35. The van der Waals surface area contributed by atoms with Crippen molar-refractivity contribution in [3.05, 3.63) is 59.9 Å². The highest BCUT2D eigenvalue weighted by Gasteiger charge is 2.39. The standard InChI is InChI=1S/C19H18F4N2O3S/c20-13-8-10-14(11-9-13)29(27,28)25-12-4-3-7-17(25)18(26)24-16-6-2-1-5-15(16)19(21,22)23/h1-2,5-6,8-11,17H,3-4,7,12H2,(H,24,26). The predicted molar refractivity (Wildman–Crippen MR) is 98.0 cm³/mol. The van der Waals surface area contributed by atoms with Gasteiger partial charge >= 0.3 is 6.18 Å². The van der Waals surface area contributed by atoms with Gasteiger partial charge in [-0.05, 0) is 49.2 Å². The van der Waals surface area contributed by atoms with Crippen molar-refractivity contribution < 1.29 is 30.8 Å². The first-order valence-corrected chi connectivity index (χ1v) is 10.3. The lowest BCUT2D eigenvalue weighted by Gasteiger charge is -2.33. The predicted octanol–water partition coefficient (Wildman–Crippen LogP) is 4.03. The van der Waals surface area contributed by atoms with E-state index in [1.807, 2.05) is 0 Å². The van der Waals surface area contributed by atoms with Crippen LogP contribution in [0.4, 0.5) is 23.2 Å². The average molecular weight is 430 g/mol. The number of sulfonamides is 1. The molecule has 1 heterocycles. The normalized spacial score (nSPS) is 18.4. The summed E-state index contributed by atoms with van der Waals surface area (Å²) < 4.78 is 79.5. The van der Waals surface area contributed by atoms with Crippen molar-refractivity contribution in [3.63, 3.8) is 0 Å². The van der Waals surface area contributed by atoms with Gasteiger partial charge in [0.05, 0.1) is 16.1 Å². The monoisotopic (exact) mass is 430 g/mol. The van der Waals surface area contributed by atoms with Gasteiger partial charge in [0.1, 0.15) is 11.9 Å². The van der Waals surface area contributed by atoms with Gasteiger partial charge in [-0.25, -0.2) is 12.8 Å². The van der Waals surface area contributed by atoms with E-state index < -0.39 is 45.2 Å². The summed E-state index contributed by atoms with van der Waals surface area (Å²) >= 11 is 0. The van der Waals surface area contributed by atoms with E-state index in [2.05, 4.69) is 5.32 Å². The summed E-state index contributed by atoms with van der Waals surface area (Å²) in [7, 11) is -4.12. The molecule has 10 heteroatoms. The minimum Gasteiger partial charge on any atom is -0.324 e. The van der Waals surface area contributed by atoms with Crippen molar-refractivity contribution in [2.45, 2.75) is 36.4 Å². The maximum atomic E-state index is 13.2. The van der Waals surface area contributed by atoms with Crippen LogP contribution in [-0.2, 0) is 21.0 Å². The fourth-order valence-corrected chi connectivity index (χ4v) is 4.91. The second kappa shape index (κ2) is 8.11. The molecular weight excluding hydrogens is 412 g/mol. The topological polar surface area (TPSA) is 66.5 Å². The molecule has 0 saturated carbocycles. The molecule has 0 bridgehead atoms. The highest BCUT2D eigenvalue weighted by molar-refractivity contribution is 7.89. The van der Waals surface area contributed by atoms with E-state index in [0.29, 0.717) is 12.8 Å². The van der Waals surface area contributed by atoms with Gasteiger partial charge in [0.2, 0.25) is 15.9 Å². The van der Waals surface area contributed by atoms with Crippen molar-refractivity contribution in [3.8, 4) is 0 Å². The quantitative estimate of drug-likeness (QED) is 0.745. The molecule has 29 heavy (non-hydrogen) atoms. The molecule has 1 fully saturated rings. The number of carbonyl (C=O) groups excluding carboxylic acids is 1. The summed E-state index contributed by atoms with van der Waals surface area (Å²) in [5, 5.41) is 2.22. The van der Waals surface area contributed by atoms with Gasteiger partial charge in [0.25, 0.3) is 0 Å². The molecule has 5 nitrogen and oxygen atoms in total. The minimum absolute atomic E-state index is 0.0404. The van der Waals surface area contributed by atoms with Crippen molar-refractivity contribution in [2.24, 2.45) is 0 Å². The SMILES string of the molecule is O=C(Nc1ccccc1C(F)(F)F)C1CCCCN1S(=O)(=O)c1ccc(F)cc1. The summed E-state index contributed by atoms with van der Waals surface area (Å²) in [4.78, 5) is 12.6. The number of anilines is 1. The van der Waals surface area contributed by atoms with Crippen LogP contribution < -0.4 is 5.32 Å². The van der Waals surface area contributed by atoms with Gasteiger partial charge in [-0.3, -0.25) is 4.79 Å². The van der Waals surface area contributed by atoms with Crippen LogP contribution in [0.25, 0.3) is 0 Å². The average Bonchev–Trinajstić information content (AvgIpc) is 2.68. The molecule has 0 aliphatic carbocycles. The lowest BCUT2D eigenvalue weighted by atomic mass is 10.0. The number of alkyl halides is 3. The van der Waals surface area contributed by atoms with Crippen LogP contribution >= 0.6 is 0 Å².